The summed E-state index contributed by atoms with van der Waals surface area (Å²) >= 11 is 0. The molecule has 4 aromatic carbocycles. The minimum absolute atomic E-state index is 0.527. The fourth-order valence-corrected chi connectivity index (χ4v) is 9.40. The minimum Gasteiger partial charge on any atom is -0.257 e. The van der Waals surface area contributed by atoms with Crippen molar-refractivity contribution in [3.8, 4) is 0 Å². The van der Waals surface area contributed by atoms with Crippen molar-refractivity contribution < 1.29 is 0 Å². The maximum Gasteiger partial charge on any atom is 0.188 e. The fraction of sp³-hybridized carbons (Fsp3) is 0.133. The molecule has 1 unspecified atom stereocenters. The van der Waals surface area contributed by atoms with E-state index in [2.05, 4.69) is 128 Å². The molecule has 1 aliphatic rings. The summed E-state index contributed by atoms with van der Waals surface area (Å²) in [7, 11) is -2.05. The smallest absolute Gasteiger partial charge is 0.188 e. The molecule has 0 aromatic heterocycles. The molecule has 1 heterocycles. The van der Waals surface area contributed by atoms with Gasteiger partial charge in [0.1, 0.15) is 29.3 Å². The second-order valence-electron chi connectivity index (χ2n) is 8.63. The molecular formula is C30H28N2P+. The van der Waals surface area contributed by atoms with E-state index < -0.39 is 12.9 Å². The van der Waals surface area contributed by atoms with Crippen molar-refractivity contribution in [2.24, 2.45) is 9.98 Å². The lowest BCUT2D eigenvalue weighted by Gasteiger charge is -2.34. The van der Waals surface area contributed by atoms with E-state index >= 15 is 0 Å². The van der Waals surface area contributed by atoms with Crippen LogP contribution < -0.4 is 15.9 Å². The predicted octanol–water partition coefficient (Wildman–Crippen LogP) is 5.46. The van der Waals surface area contributed by atoms with Crippen LogP contribution in [0.2, 0.25) is 0 Å². The van der Waals surface area contributed by atoms with E-state index in [4.69, 9.17) is 9.98 Å². The molecule has 0 spiro atoms. The van der Waals surface area contributed by atoms with Gasteiger partial charge in [0, 0.05) is 12.6 Å². The van der Waals surface area contributed by atoms with E-state index in [1.165, 1.54) is 21.5 Å². The largest absolute Gasteiger partial charge is 0.257 e. The van der Waals surface area contributed by atoms with E-state index in [1.807, 2.05) is 6.21 Å². The van der Waals surface area contributed by atoms with Crippen molar-refractivity contribution in [1.82, 2.24) is 0 Å². The standard InChI is InChI=1S/C30H28N2P/c1-25-23-31-30(32-25,22-26-14-6-2-7-15-26)24-33(27-16-8-3-9-17-27,28-18-10-4-11-19-28)29-20-12-5-13-21-29/h2-21,23H,22,24H2,1H3/q+1. The van der Waals surface area contributed by atoms with Crippen LogP contribution in [-0.2, 0) is 6.42 Å². The molecule has 4 aromatic rings. The Balaban J connectivity index is 1.74. The third-order valence-electron chi connectivity index (χ3n) is 6.29. The molecule has 0 saturated heterocycles. The Kier molecular flexibility index (Phi) is 6.03. The van der Waals surface area contributed by atoms with Crippen molar-refractivity contribution >= 4 is 35.1 Å². The Morgan fingerprint density at radius 1 is 0.606 bits per heavy atom. The molecule has 1 aliphatic heterocycles. The average Bonchev–Trinajstić information content (AvgIpc) is 3.24. The lowest BCUT2D eigenvalue weighted by atomic mass is 10.0. The SMILES string of the molecule is CC1=NC(Cc2ccccc2)(C[P+](c2ccccc2)(c2ccccc2)c2ccccc2)N=C1. The zero-order valence-electron chi connectivity index (χ0n) is 18.9. The zero-order chi connectivity index (χ0) is 22.6. The molecule has 1 atom stereocenters. The van der Waals surface area contributed by atoms with E-state index in [0.717, 1.165) is 18.3 Å². The Morgan fingerprint density at radius 2 is 1.03 bits per heavy atom. The highest BCUT2D eigenvalue weighted by Gasteiger charge is 2.52. The summed E-state index contributed by atoms with van der Waals surface area (Å²) < 4.78 is 0. The van der Waals surface area contributed by atoms with E-state index in [-0.39, 0.29) is 0 Å². The van der Waals surface area contributed by atoms with Crippen molar-refractivity contribution in [1.29, 1.82) is 0 Å². The van der Waals surface area contributed by atoms with E-state index in [9.17, 15) is 0 Å². The quantitative estimate of drug-likeness (QED) is 0.336. The minimum atomic E-state index is -2.05. The van der Waals surface area contributed by atoms with Crippen molar-refractivity contribution in [2.75, 3.05) is 6.16 Å². The van der Waals surface area contributed by atoms with Crippen molar-refractivity contribution in [2.45, 2.75) is 19.0 Å². The van der Waals surface area contributed by atoms with E-state index in [0.29, 0.717) is 0 Å². The van der Waals surface area contributed by atoms with Crippen molar-refractivity contribution in [3.63, 3.8) is 0 Å². The average molecular weight is 448 g/mol. The number of aliphatic imine (C=N–C) groups is 2. The van der Waals surface area contributed by atoms with Crippen molar-refractivity contribution in [3.05, 3.63) is 127 Å². The Hall–Kier alpha value is -3.35. The van der Waals surface area contributed by atoms with Gasteiger partial charge in [-0.15, -0.1) is 0 Å². The highest BCUT2D eigenvalue weighted by atomic mass is 31.2. The van der Waals surface area contributed by atoms with Gasteiger partial charge in [-0.2, -0.15) is 0 Å². The molecule has 2 nitrogen and oxygen atoms in total. The van der Waals surface area contributed by atoms with Crippen LogP contribution in [0.5, 0.6) is 0 Å². The molecular weight excluding hydrogens is 419 g/mol. The Bertz CT molecular complexity index is 1160. The number of nitrogens with zero attached hydrogens (tertiary/aromatic N) is 2. The lowest BCUT2D eigenvalue weighted by Crippen LogP contribution is -2.42. The first-order valence-corrected chi connectivity index (χ1v) is 13.4. The molecule has 0 fully saturated rings. The van der Waals surface area contributed by atoms with Gasteiger partial charge in [-0.3, -0.25) is 9.98 Å². The molecule has 0 amide bonds. The van der Waals surface area contributed by atoms with E-state index in [1.54, 1.807) is 0 Å². The first-order valence-electron chi connectivity index (χ1n) is 11.4. The lowest BCUT2D eigenvalue weighted by molar-refractivity contribution is 0.513. The van der Waals surface area contributed by atoms with Gasteiger partial charge in [-0.1, -0.05) is 84.9 Å². The summed E-state index contributed by atoms with van der Waals surface area (Å²) in [6.45, 7) is 2.06. The van der Waals surface area contributed by atoms with Crippen LogP contribution in [0.15, 0.2) is 131 Å². The molecule has 0 N–H and O–H groups in total. The third kappa shape index (κ3) is 4.32. The van der Waals surface area contributed by atoms with Crippen LogP contribution in [-0.4, -0.2) is 23.8 Å². The summed E-state index contributed by atoms with van der Waals surface area (Å²) in [5.74, 6) is 0. The van der Waals surface area contributed by atoms with Gasteiger partial charge in [-0.05, 0) is 48.9 Å². The Labute approximate surface area is 197 Å². The molecule has 33 heavy (non-hydrogen) atoms. The number of rotatable bonds is 7. The summed E-state index contributed by atoms with van der Waals surface area (Å²) in [5.41, 5.74) is 1.74. The van der Waals surface area contributed by atoms with Gasteiger partial charge >= 0.3 is 0 Å². The van der Waals surface area contributed by atoms with Crippen LogP contribution in [0.1, 0.15) is 12.5 Å². The maximum absolute atomic E-state index is 5.20. The monoisotopic (exact) mass is 447 g/mol. The molecule has 0 aliphatic carbocycles. The molecule has 162 valence electrons. The summed E-state index contributed by atoms with van der Waals surface area (Å²) in [5, 5.41) is 4.10. The first-order chi connectivity index (χ1) is 16.2. The highest BCUT2D eigenvalue weighted by molar-refractivity contribution is 7.95. The zero-order valence-corrected chi connectivity index (χ0v) is 19.8. The Morgan fingerprint density at radius 3 is 1.42 bits per heavy atom. The first kappa shape index (κ1) is 21.5. The molecule has 3 heteroatoms. The number of hydrogen-bond donors (Lipinski definition) is 0. The summed E-state index contributed by atoms with van der Waals surface area (Å²) in [6.07, 6.45) is 3.59. The molecule has 0 radical (unpaired) electrons. The fourth-order valence-electron chi connectivity index (χ4n) is 4.89. The van der Waals surface area contributed by atoms with Crippen LogP contribution in [0.4, 0.5) is 0 Å². The molecule has 0 bridgehead atoms. The van der Waals surface area contributed by atoms with Gasteiger partial charge in [-0.25, -0.2) is 0 Å². The normalized spacial score (nSPS) is 17.7. The molecule has 5 rings (SSSR count). The van der Waals surface area contributed by atoms with Gasteiger partial charge < -0.3 is 0 Å². The number of hydrogen-bond acceptors (Lipinski definition) is 2. The summed E-state index contributed by atoms with van der Waals surface area (Å²) in [4.78, 5) is 10.3. The van der Waals surface area contributed by atoms with Gasteiger partial charge in [0.05, 0.1) is 5.71 Å². The van der Waals surface area contributed by atoms with Gasteiger partial charge in [0.2, 0.25) is 0 Å². The third-order valence-corrected chi connectivity index (χ3v) is 10.8. The second-order valence-corrected chi connectivity index (χ2v) is 12.1. The van der Waals surface area contributed by atoms with Gasteiger partial charge in [0.15, 0.2) is 5.66 Å². The van der Waals surface area contributed by atoms with Gasteiger partial charge in [0.25, 0.3) is 0 Å². The van der Waals surface area contributed by atoms with Crippen LogP contribution >= 0.6 is 7.26 Å². The van der Waals surface area contributed by atoms with Crippen LogP contribution in [0.3, 0.4) is 0 Å². The van der Waals surface area contributed by atoms with Crippen LogP contribution in [0, 0.1) is 0 Å². The topological polar surface area (TPSA) is 24.7 Å². The second kappa shape index (κ2) is 9.25. The predicted molar refractivity (Wildman–Crippen MR) is 144 cm³/mol. The highest BCUT2D eigenvalue weighted by Crippen LogP contribution is 2.58. The summed E-state index contributed by atoms with van der Waals surface area (Å²) in [6, 6.07) is 43.7. The molecule has 0 saturated carbocycles. The maximum atomic E-state index is 5.20. The number of benzene rings is 4. The van der Waals surface area contributed by atoms with Crippen LogP contribution in [0.25, 0.3) is 0 Å².